The number of aromatic nitrogens is 2. The van der Waals surface area contributed by atoms with Crippen molar-refractivity contribution in [2.24, 2.45) is 0 Å². The van der Waals surface area contributed by atoms with Gasteiger partial charge in [0.2, 0.25) is 5.89 Å². The molecule has 5 heterocycles. The van der Waals surface area contributed by atoms with Crippen molar-refractivity contribution >= 4 is 72.8 Å². The number of nitrogens with zero attached hydrogens (tertiary/aromatic N) is 3. The molecule has 0 amide bonds. The fraction of sp³-hybridized carbons (Fsp3) is 0.0364. The zero-order valence-electron chi connectivity index (χ0n) is 32.7. The van der Waals surface area contributed by atoms with Gasteiger partial charge in [-0.3, -0.25) is 0 Å². The number of aryl methyl sites for hydroxylation is 1. The summed E-state index contributed by atoms with van der Waals surface area (Å²) in [5.74, 6) is 0.630. The second-order valence-electron chi connectivity index (χ2n) is 16.6. The first kappa shape index (κ1) is 32.3. The first-order chi connectivity index (χ1) is 29.7. The maximum absolute atomic E-state index is 6.72. The van der Waals surface area contributed by atoms with E-state index in [2.05, 4.69) is 186 Å². The molecule has 3 aliphatic heterocycles. The topological polar surface area (TPSA) is 34.2 Å². The van der Waals surface area contributed by atoms with Gasteiger partial charge in [-0.05, 0) is 98.4 Å². The third-order valence-electron chi connectivity index (χ3n) is 13.7. The lowest BCUT2D eigenvalue weighted by atomic mass is 9.42. The summed E-state index contributed by atoms with van der Waals surface area (Å²) < 4.78 is 9.27. The number of fused-ring (bicyclic) bond motifs is 13. The van der Waals surface area contributed by atoms with Crippen molar-refractivity contribution < 1.29 is 4.42 Å². The van der Waals surface area contributed by atoms with E-state index < -0.39 is 5.41 Å². The molecule has 0 radical (unpaired) electrons. The van der Waals surface area contributed by atoms with E-state index in [0.29, 0.717) is 5.89 Å². The predicted octanol–water partition coefficient (Wildman–Crippen LogP) is 12.0. The van der Waals surface area contributed by atoms with Crippen LogP contribution in [0.2, 0.25) is 0 Å². The van der Waals surface area contributed by atoms with Crippen molar-refractivity contribution in [3.8, 4) is 28.3 Å². The quantitative estimate of drug-likeness (QED) is 0.168. The minimum atomic E-state index is -0.567. The minimum Gasteiger partial charge on any atom is -0.436 e. The molecule has 0 saturated heterocycles. The Morgan fingerprint density at radius 2 is 1.28 bits per heavy atom. The summed E-state index contributed by atoms with van der Waals surface area (Å²) >= 11 is 0. The molecule has 60 heavy (non-hydrogen) atoms. The molecule has 0 bridgehead atoms. The van der Waals surface area contributed by atoms with Crippen molar-refractivity contribution in [2.75, 3.05) is 4.81 Å². The molecule has 278 valence electrons. The number of benzene rings is 9. The average molecular weight is 764 g/mol. The highest BCUT2D eigenvalue weighted by molar-refractivity contribution is 6.94. The summed E-state index contributed by atoms with van der Waals surface area (Å²) in [6.45, 7) is 2.16. The molecule has 0 saturated carbocycles. The number of hydrogen-bond acceptors (Lipinski definition) is 3. The van der Waals surface area contributed by atoms with Gasteiger partial charge in [0.25, 0.3) is 0 Å². The van der Waals surface area contributed by atoms with Gasteiger partial charge in [-0.25, -0.2) is 4.98 Å². The Hall–Kier alpha value is -7.63. The molecule has 9 aromatic carbocycles. The number of para-hydroxylation sites is 2. The lowest BCUT2D eigenvalue weighted by Gasteiger charge is -2.51. The summed E-state index contributed by atoms with van der Waals surface area (Å²) in [6.07, 6.45) is 0. The van der Waals surface area contributed by atoms with Crippen molar-refractivity contribution in [3.05, 3.63) is 216 Å². The fourth-order valence-electron chi connectivity index (χ4n) is 11.5. The molecule has 14 rings (SSSR count). The van der Waals surface area contributed by atoms with Gasteiger partial charge in [-0.15, -0.1) is 0 Å². The van der Waals surface area contributed by atoms with Gasteiger partial charge in [0.05, 0.1) is 16.4 Å². The molecular formula is C55H34BN3O. The number of oxazole rings is 1. The maximum atomic E-state index is 6.72. The Kier molecular flexibility index (Phi) is 6.21. The molecule has 11 aromatic rings. The van der Waals surface area contributed by atoms with Crippen molar-refractivity contribution in [1.29, 1.82) is 0 Å². The first-order valence-electron chi connectivity index (χ1n) is 20.8. The fourth-order valence-corrected chi connectivity index (χ4v) is 11.5. The van der Waals surface area contributed by atoms with E-state index in [-0.39, 0.29) is 6.85 Å². The van der Waals surface area contributed by atoms with Gasteiger partial charge >= 0.3 is 6.85 Å². The standard InChI is InChI=1S/C55H34BN3O/c1-33-30-40-39-24-15-26-42-52(39)59(45-27-14-13-25-41(45)55(42,36-19-7-3-8-20-36)37-21-9-4-10-22-37)56-43-31-48-44(57-54(60-48)35-17-5-2-6-18-35)32-47(43)58-46-29-28-34-16-11-12-23-38(34)50(46)49(33)53(58)51(40)56/h2-32H,1H3. The van der Waals surface area contributed by atoms with Crippen LogP contribution in [0.1, 0.15) is 27.8 Å². The molecule has 0 unspecified atom stereocenters. The van der Waals surface area contributed by atoms with Crippen LogP contribution in [-0.2, 0) is 5.41 Å². The van der Waals surface area contributed by atoms with Crippen LogP contribution in [0.4, 0.5) is 11.4 Å². The Balaban J connectivity index is 1.18. The van der Waals surface area contributed by atoms with Crippen LogP contribution in [0, 0.1) is 6.92 Å². The normalized spacial score (nSPS) is 14.2. The smallest absolute Gasteiger partial charge is 0.333 e. The highest BCUT2D eigenvalue weighted by Gasteiger charge is 2.53. The summed E-state index contributed by atoms with van der Waals surface area (Å²) in [7, 11) is 0. The SMILES string of the molecule is Cc1cc2c3c4c1c1c5ccccc5ccc1n4-c1cc4nc(-c5ccccc5)oc4cc1B3N1c3ccccc3C(c3ccccc3)(c3ccccc3)c3cccc-2c31. The molecule has 0 atom stereocenters. The molecule has 4 nitrogen and oxygen atoms in total. The van der Waals surface area contributed by atoms with Gasteiger partial charge in [-0.2, -0.15) is 0 Å². The lowest BCUT2D eigenvalue weighted by molar-refractivity contribution is 0.620. The molecule has 0 spiro atoms. The van der Waals surface area contributed by atoms with E-state index in [1.807, 2.05) is 18.2 Å². The van der Waals surface area contributed by atoms with Crippen LogP contribution < -0.4 is 15.7 Å². The lowest BCUT2D eigenvalue weighted by Crippen LogP contribution is -2.62. The predicted molar refractivity (Wildman–Crippen MR) is 247 cm³/mol. The molecule has 0 aliphatic carbocycles. The molecule has 5 heteroatoms. The first-order valence-corrected chi connectivity index (χ1v) is 20.8. The largest absolute Gasteiger partial charge is 0.436 e. The van der Waals surface area contributed by atoms with Crippen molar-refractivity contribution in [2.45, 2.75) is 12.3 Å². The Morgan fingerprint density at radius 1 is 0.583 bits per heavy atom. The minimum absolute atomic E-state index is 0.157. The van der Waals surface area contributed by atoms with E-state index >= 15 is 0 Å². The Morgan fingerprint density at radius 3 is 2.08 bits per heavy atom. The molecule has 3 aliphatic rings. The van der Waals surface area contributed by atoms with E-state index in [4.69, 9.17) is 9.40 Å². The average Bonchev–Trinajstić information content (AvgIpc) is 3.90. The Labute approximate surface area is 346 Å². The van der Waals surface area contributed by atoms with Gasteiger partial charge in [0, 0.05) is 39.0 Å². The highest BCUT2D eigenvalue weighted by Crippen LogP contribution is 2.60. The van der Waals surface area contributed by atoms with Crippen LogP contribution in [0.15, 0.2) is 192 Å². The summed E-state index contributed by atoms with van der Waals surface area (Å²) in [5.41, 5.74) is 19.5. The molecule has 0 N–H and O–H groups in total. The Bertz CT molecular complexity index is 3590. The number of anilines is 2. The monoisotopic (exact) mass is 763 g/mol. The van der Waals surface area contributed by atoms with Crippen LogP contribution in [0.3, 0.4) is 0 Å². The maximum Gasteiger partial charge on any atom is 0.333 e. The van der Waals surface area contributed by atoms with E-state index in [9.17, 15) is 0 Å². The molecule has 2 aromatic heterocycles. The van der Waals surface area contributed by atoms with E-state index in [0.717, 1.165) is 22.4 Å². The van der Waals surface area contributed by atoms with Crippen LogP contribution in [-0.4, -0.2) is 16.4 Å². The van der Waals surface area contributed by atoms with E-state index in [1.54, 1.807) is 0 Å². The third kappa shape index (κ3) is 3.90. The number of hydrogen-bond donors (Lipinski definition) is 0. The summed E-state index contributed by atoms with van der Waals surface area (Å²) in [5, 5.41) is 5.13. The number of rotatable bonds is 3. The zero-order valence-corrected chi connectivity index (χ0v) is 32.7. The second kappa shape index (κ2) is 11.5. The zero-order chi connectivity index (χ0) is 39.3. The van der Waals surface area contributed by atoms with Crippen LogP contribution >= 0.6 is 0 Å². The van der Waals surface area contributed by atoms with Crippen LogP contribution in [0.25, 0.3) is 71.9 Å². The third-order valence-corrected chi connectivity index (χ3v) is 13.7. The van der Waals surface area contributed by atoms with Gasteiger partial charge in [0.1, 0.15) is 5.52 Å². The highest BCUT2D eigenvalue weighted by atomic mass is 16.3. The molecule has 0 fully saturated rings. The van der Waals surface area contributed by atoms with Gasteiger partial charge in [-0.1, -0.05) is 152 Å². The molecular weight excluding hydrogens is 729 g/mol. The van der Waals surface area contributed by atoms with Crippen LogP contribution in [0.5, 0.6) is 0 Å². The van der Waals surface area contributed by atoms with Crippen molar-refractivity contribution in [1.82, 2.24) is 9.55 Å². The van der Waals surface area contributed by atoms with Gasteiger partial charge in [0.15, 0.2) is 5.58 Å². The van der Waals surface area contributed by atoms with E-state index in [1.165, 1.54) is 93.8 Å². The summed E-state index contributed by atoms with van der Waals surface area (Å²) in [4.78, 5) is 7.83. The summed E-state index contributed by atoms with van der Waals surface area (Å²) in [6, 6.07) is 69.2. The second-order valence-corrected chi connectivity index (χ2v) is 16.6. The van der Waals surface area contributed by atoms with Crippen molar-refractivity contribution in [3.63, 3.8) is 0 Å². The van der Waals surface area contributed by atoms with Gasteiger partial charge < -0.3 is 13.8 Å².